The maximum atomic E-state index is 11.8. The minimum absolute atomic E-state index is 0.175. The minimum Gasteiger partial charge on any atom is -0.295 e. The Hall–Kier alpha value is -0.840. The van der Waals surface area contributed by atoms with Crippen molar-refractivity contribution in [3.63, 3.8) is 0 Å². The first-order valence-corrected chi connectivity index (χ1v) is 6.13. The number of carbonyl (C=O) groups is 1. The first-order valence-electron chi connectivity index (χ1n) is 5.01. The van der Waals surface area contributed by atoms with E-state index < -0.39 is 0 Å². The summed E-state index contributed by atoms with van der Waals surface area (Å²) < 4.78 is 0. The minimum atomic E-state index is 0.175. The predicted octanol–water partition coefficient (Wildman–Crippen LogP) is 1.77. The van der Waals surface area contributed by atoms with Crippen LogP contribution in [0.25, 0.3) is 0 Å². The van der Waals surface area contributed by atoms with Gasteiger partial charge in [-0.3, -0.25) is 14.8 Å². The Labute approximate surface area is 97.2 Å². The van der Waals surface area contributed by atoms with E-state index in [0.717, 1.165) is 29.0 Å². The van der Waals surface area contributed by atoms with Crippen molar-refractivity contribution >= 4 is 27.7 Å². The van der Waals surface area contributed by atoms with Gasteiger partial charge < -0.3 is 0 Å². The molecule has 0 spiro atoms. The van der Waals surface area contributed by atoms with Gasteiger partial charge in [0.2, 0.25) is 5.91 Å². The second kappa shape index (κ2) is 3.96. The number of aromatic nitrogens is 2. The number of hydrogen-bond acceptors (Lipinski definition) is 2. The molecule has 1 amide bonds. The Bertz CT molecular complexity index is 388. The summed E-state index contributed by atoms with van der Waals surface area (Å²) in [6.45, 7) is 4.73. The Morgan fingerprint density at radius 1 is 1.60 bits per heavy atom. The zero-order valence-corrected chi connectivity index (χ0v) is 10.5. The highest BCUT2D eigenvalue weighted by atomic mass is 79.9. The van der Waals surface area contributed by atoms with Gasteiger partial charge in [0, 0.05) is 29.6 Å². The summed E-state index contributed by atoms with van der Waals surface area (Å²) >= 11 is 3.42. The van der Waals surface area contributed by atoms with E-state index >= 15 is 0 Å². The first-order chi connectivity index (χ1) is 7.13. The average molecular weight is 272 g/mol. The van der Waals surface area contributed by atoms with Crippen molar-refractivity contribution in [3.05, 3.63) is 11.3 Å². The molecule has 0 radical (unpaired) electrons. The molecule has 1 unspecified atom stereocenters. The van der Waals surface area contributed by atoms with Gasteiger partial charge >= 0.3 is 0 Å². The molecule has 0 saturated carbocycles. The third kappa shape index (κ3) is 1.80. The summed E-state index contributed by atoms with van der Waals surface area (Å²) in [6, 6.07) is 0. The number of H-pyrrole nitrogens is 1. The number of alkyl halides is 1. The van der Waals surface area contributed by atoms with Crippen LogP contribution in [0.15, 0.2) is 0 Å². The Balaban J connectivity index is 2.25. The Kier molecular flexibility index (Phi) is 2.82. The topological polar surface area (TPSA) is 49.0 Å². The number of rotatable bonds is 2. The molecule has 1 aromatic rings. The van der Waals surface area contributed by atoms with Crippen molar-refractivity contribution in [2.75, 3.05) is 16.8 Å². The molecule has 1 aliphatic heterocycles. The molecule has 5 heteroatoms. The normalized spacial score (nSPS) is 21.4. The summed E-state index contributed by atoms with van der Waals surface area (Å²) in [5.41, 5.74) is 2.10. The van der Waals surface area contributed by atoms with E-state index in [4.69, 9.17) is 0 Å². The number of aryl methyl sites for hydroxylation is 1. The highest BCUT2D eigenvalue weighted by Gasteiger charge is 2.32. The lowest BCUT2D eigenvalue weighted by atomic mass is 10.2. The van der Waals surface area contributed by atoms with Crippen molar-refractivity contribution in [3.8, 4) is 0 Å². The van der Waals surface area contributed by atoms with Crippen LogP contribution < -0.4 is 4.90 Å². The van der Waals surface area contributed by atoms with E-state index in [1.165, 1.54) is 0 Å². The smallest absolute Gasteiger partial charge is 0.228 e. The highest BCUT2D eigenvalue weighted by molar-refractivity contribution is 9.09. The van der Waals surface area contributed by atoms with Crippen LogP contribution in [0.5, 0.6) is 0 Å². The van der Waals surface area contributed by atoms with Gasteiger partial charge in [-0.25, -0.2) is 0 Å². The van der Waals surface area contributed by atoms with Crippen molar-refractivity contribution in [1.29, 1.82) is 0 Å². The van der Waals surface area contributed by atoms with Crippen molar-refractivity contribution in [1.82, 2.24) is 10.2 Å². The lowest BCUT2D eigenvalue weighted by molar-refractivity contribution is -0.117. The molecule has 0 aliphatic carbocycles. The van der Waals surface area contributed by atoms with Crippen LogP contribution in [0.1, 0.15) is 17.7 Å². The third-order valence-electron chi connectivity index (χ3n) is 2.91. The lowest BCUT2D eigenvalue weighted by Crippen LogP contribution is -2.25. The standard InChI is InChI=1S/C10H14BrN3O/c1-6-7(2)12-13-10(6)14-5-8(4-11)3-9(14)15/h8H,3-5H2,1-2H3,(H,12,13). The van der Waals surface area contributed by atoms with Crippen LogP contribution in [0.4, 0.5) is 5.82 Å². The van der Waals surface area contributed by atoms with E-state index in [2.05, 4.69) is 26.1 Å². The second-order valence-corrected chi connectivity index (χ2v) is 4.67. The van der Waals surface area contributed by atoms with Gasteiger partial charge in [-0.2, -0.15) is 5.10 Å². The molecule has 82 valence electrons. The fourth-order valence-corrected chi connectivity index (χ4v) is 2.26. The molecule has 1 saturated heterocycles. The van der Waals surface area contributed by atoms with Crippen molar-refractivity contribution < 1.29 is 4.79 Å². The average Bonchev–Trinajstić information content (AvgIpc) is 2.73. The molecule has 1 aromatic heterocycles. The highest BCUT2D eigenvalue weighted by Crippen LogP contribution is 2.27. The van der Waals surface area contributed by atoms with E-state index in [1.807, 2.05) is 13.8 Å². The van der Waals surface area contributed by atoms with Crippen LogP contribution in [0.3, 0.4) is 0 Å². The molecule has 0 aromatic carbocycles. The third-order valence-corrected chi connectivity index (χ3v) is 3.82. The monoisotopic (exact) mass is 271 g/mol. The van der Waals surface area contributed by atoms with Gasteiger partial charge in [0.25, 0.3) is 0 Å². The quantitative estimate of drug-likeness (QED) is 0.834. The number of hydrogen-bond donors (Lipinski definition) is 1. The van der Waals surface area contributed by atoms with Gasteiger partial charge in [0.15, 0.2) is 5.82 Å². The zero-order chi connectivity index (χ0) is 11.0. The number of nitrogens with zero attached hydrogens (tertiary/aromatic N) is 2. The molecule has 1 N–H and O–H groups in total. The zero-order valence-electron chi connectivity index (χ0n) is 8.88. The van der Waals surface area contributed by atoms with E-state index in [0.29, 0.717) is 12.3 Å². The number of halogens is 1. The van der Waals surface area contributed by atoms with Gasteiger partial charge in [0.1, 0.15) is 0 Å². The van der Waals surface area contributed by atoms with Gasteiger partial charge in [-0.15, -0.1) is 0 Å². The summed E-state index contributed by atoms with van der Waals surface area (Å²) in [5.74, 6) is 1.38. The Morgan fingerprint density at radius 2 is 2.33 bits per heavy atom. The number of carbonyl (C=O) groups excluding carboxylic acids is 1. The van der Waals surface area contributed by atoms with Gasteiger partial charge in [-0.05, 0) is 19.8 Å². The molecule has 0 bridgehead atoms. The number of amides is 1. The number of nitrogens with one attached hydrogen (secondary N) is 1. The van der Waals surface area contributed by atoms with E-state index in [1.54, 1.807) is 4.90 Å². The van der Waals surface area contributed by atoms with Crippen LogP contribution in [0, 0.1) is 19.8 Å². The van der Waals surface area contributed by atoms with E-state index in [9.17, 15) is 4.79 Å². The van der Waals surface area contributed by atoms with Crippen LogP contribution >= 0.6 is 15.9 Å². The van der Waals surface area contributed by atoms with Gasteiger partial charge in [0.05, 0.1) is 0 Å². The molecule has 15 heavy (non-hydrogen) atoms. The predicted molar refractivity (Wildman–Crippen MR) is 62.3 cm³/mol. The largest absolute Gasteiger partial charge is 0.295 e. The molecular formula is C10H14BrN3O. The van der Waals surface area contributed by atoms with Gasteiger partial charge in [-0.1, -0.05) is 15.9 Å². The fourth-order valence-electron chi connectivity index (χ4n) is 1.82. The fraction of sp³-hybridized carbons (Fsp3) is 0.600. The lowest BCUT2D eigenvalue weighted by Gasteiger charge is -2.13. The SMILES string of the molecule is Cc1[nH]nc(N2CC(CBr)CC2=O)c1C. The Morgan fingerprint density at radius 3 is 2.80 bits per heavy atom. The van der Waals surface area contributed by atoms with Crippen molar-refractivity contribution in [2.24, 2.45) is 5.92 Å². The molecule has 4 nitrogen and oxygen atoms in total. The molecule has 1 aliphatic rings. The van der Waals surface area contributed by atoms with Crippen LogP contribution in [-0.4, -0.2) is 28.0 Å². The van der Waals surface area contributed by atoms with Crippen molar-refractivity contribution in [2.45, 2.75) is 20.3 Å². The van der Waals surface area contributed by atoms with Crippen LogP contribution in [-0.2, 0) is 4.79 Å². The summed E-state index contributed by atoms with van der Waals surface area (Å²) in [5, 5.41) is 7.97. The summed E-state index contributed by atoms with van der Waals surface area (Å²) in [6.07, 6.45) is 0.622. The number of anilines is 1. The molecular weight excluding hydrogens is 258 g/mol. The van der Waals surface area contributed by atoms with E-state index in [-0.39, 0.29) is 5.91 Å². The molecule has 2 rings (SSSR count). The summed E-state index contributed by atoms with van der Waals surface area (Å²) in [4.78, 5) is 13.5. The summed E-state index contributed by atoms with van der Waals surface area (Å²) in [7, 11) is 0. The molecule has 1 fully saturated rings. The molecule has 2 heterocycles. The van der Waals surface area contributed by atoms with Crippen LogP contribution in [0.2, 0.25) is 0 Å². The number of aromatic amines is 1. The second-order valence-electron chi connectivity index (χ2n) is 4.03. The maximum absolute atomic E-state index is 11.8. The first kappa shape index (κ1) is 10.7. The molecule has 1 atom stereocenters. The maximum Gasteiger partial charge on any atom is 0.228 e.